The molecule has 0 aliphatic heterocycles. The molecular formula is C9H16N2O5. The van der Waals surface area contributed by atoms with Gasteiger partial charge >= 0.3 is 11.9 Å². The average Bonchev–Trinajstić information content (AvgIpc) is 2.14. The standard InChI is InChI=1S/C9H16N2O5/c1-2-10(3-4-12)7-11(5-8(13)14)6-9(15)16/h4H,2-3,5-7H2,1H3,(H,13,14)(H,15,16). The zero-order chi connectivity index (χ0) is 12.6. The van der Waals surface area contributed by atoms with Crippen LogP contribution in [0, 0.1) is 0 Å². The number of hydrogen-bond acceptors (Lipinski definition) is 5. The Kier molecular flexibility index (Phi) is 7.06. The number of rotatable bonds is 9. The number of carboxylic acids is 2. The van der Waals surface area contributed by atoms with Gasteiger partial charge in [-0.3, -0.25) is 19.4 Å². The van der Waals surface area contributed by atoms with Gasteiger partial charge < -0.3 is 15.0 Å². The Balaban J connectivity index is 4.31. The molecule has 0 saturated carbocycles. The lowest BCUT2D eigenvalue weighted by molar-refractivity contribution is -0.142. The fourth-order valence-corrected chi connectivity index (χ4v) is 1.21. The molecule has 0 unspecified atom stereocenters. The van der Waals surface area contributed by atoms with E-state index >= 15 is 0 Å². The summed E-state index contributed by atoms with van der Waals surface area (Å²) in [5.74, 6) is -2.19. The monoisotopic (exact) mass is 232 g/mol. The molecule has 0 aromatic carbocycles. The van der Waals surface area contributed by atoms with Crippen LogP contribution in [0.4, 0.5) is 0 Å². The summed E-state index contributed by atoms with van der Waals surface area (Å²) in [5.41, 5.74) is 0. The molecule has 0 aromatic rings. The molecule has 0 aliphatic carbocycles. The maximum absolute atomic E-state index is 10.5. The third kappa shape index (κ3) is 6.91. The van der Waals surface area contributed by atoms with E-state index in [9.17, 15) is 14.4 Å². The molecule has 0 bridgehead atoms. The highest BCUT2D eigenvalue weighted by Gasteiger charge is 2.15. The number of likely N-dealkylation sites (N-methyl/N-ethyl adjacent to an activating group) is 1. The van der Waals surface area contributed by atoms with Gasteiger partial charge in [-0.2, -0.15) is 0 Å². The summed E-state index contributed by atoms with van der Waals surface area (Å²) in [6, 6.07) is 0. The van der Waals surface area contributed by atoms with Crippen molar-refractivity contribution in [2.24, 2.45) is 0 Å². The van der Waals surface area contributed by atoms with Crippen LogP contribution in [0.25, 0.3) is 0 Å². The minimum absolute atomic E-state index is 0.147. The van der Waals surface area contributed by atoms with Crippen molar-refractivity contribution in [3.63, 3.8) is 0 Å². The molecule has 92 valence electrons. The SMILES string of the molecule is CCN(CC=O)CN(CC(=O)O)CC(=O)O. The summed E-state index contributed by atoms with van der Waals surface area (Å²) < 4.78 is 0. The molecule has 0 atom stereocenters. The lowest BCUT2D eigenvalue weighted by Crippen LogP contribution is -2.43. The lowest BCUT2D eigenvalue weighted by Gasteiger charge is -2.25. The first kappa shape index (κ1) is 14.5. The minimum Gasteiger partial charge on any atom is -0.480 e. The zero-order valence-corrected chi connectivity index (χ0v) is 9.13. The van der Waals surface area contributed by atoms with E-state index in [0.29, 0.717) is 12.8 Å². The summed E-state index contributed by atoms with van der Waals surface area (Å²) in [4.78, 5) is 34.2. The van der Waals surface area contributed by atoms with E-state index in [4.69, 9.17) is 10.2 Å². The smallest absolute Gasteiger partial charge is 0.317 e. The van der Waals surface area contributed by atoms with Crippen molar-refractivity contribution in [1.29, 1.82) is 0 Å². The Morgan fingerprint density at radius 3 is 1.94 bits per heavy atom. The second-order valence-electron chi connectivity index (χ2n) is 3.25. The van der Waals surface area contributed by atoms with Crippen molar-refractivity contribution < 1.29 is 24.6 Å². The van der Waals surface area contributed by atoms with E-state index in [1.807, 2.05) is 6.92 Å². The van der Waals surface area contributed by atoms with Crippen molar-refractivity contribution in [3.8, 4) is 0 Å². The fourth-order valence-electron chi connectivity index (χ4n) is 1.21. The second-order valence-corrected chi connectivity index (χ2v) is 3.25. The molecule has 16 heavy (non-hydrogen) atoms. The molecule has 7 nitrogen and oxygen atoms in total. The number of hydrogen-bond donors (Lipinski definition) is 2. The topological polar surface area (TPSA) is 98.2 Å². The van der Waals surface area contributed by atoms with Crippen molar-refractivity contribution in [2.75, 3.05) is 32.8 Å². The van der Waals surface area contributed by atoms with Gasteiger partial charge in [-0.1, -0.05) is 6.92 Å². The van der Waals surface area contributed by atoms with E-state index in [-0.39, 0.29) is 26.3 Å². The Bertz CT molecular complexity index is 240. The van der Waals surface area contributed by atoms with E-state index in [0.717, 1.165) is 0 Å². The molecule has 0 aromatic heterocycles. The summed E-state index contributed by atoms with van der Waals surface area (Å²) in [6.07, 6.45) is 0.698. The van der Waals surface area contributed by atoms with Crippen molar-refractivity contribution in [1.82, 2.24) is 9.80 Å². The number of aliphatic carboxylic acids is 2. The van der Waals surface area contributed by atoms with E-state index < -0.39 is 11.9 Å². The maximum Gasteiger partial charge on any atom is 0.317 e. The van der Waals surface area contributed by atoms with E-state index in [1.165, 1.54) is 4.90 Å². The number of carboxylic acid groups (broad SMARTS) is 2. The van der Waals surface area contributed by atoms with Crippen molar-refractivity contribution in [2.45, 2.75) is 6.92 Å². The summed E-state index contributed by atoms with van der Waals surface area (Å²) in [7, 11) is 0. The first-order valence-corrected chi connectivity index (χ1v) is 4.81. The van der Waals surface area contributed by atoms with Gasteiger partial charge in [-0.05, 0) is 6.54 Å². The summed E-state index contributed by atoms with van der Waals surface area (Å²) in [5, 5.41) is 17.2. The Labute approximate surface area is 93.3 Å². The second kappa shape index (κ2) is 7.77. The van der Waals surface area contributed by atoms with Crippen LogP contribution in [0.15, 0.2) is 0 Å². The highest BCUT2D eigenvalue weighted by molar-refractivity contribution is 5.72. The van der Waals surface area contributed by atoms with Crippen LogP contribution >= 0.6 is 0 Å². The van der Waals surface area contributed by atoms with Crippen LogP contribution in [0.3, 0.4) is 0 Å². The lowest BCUT2D eigenvalue weighted by atomic mass is 10.4. The average molecular weight is 232 g/mol. The highest BCUT2D eigenvalue weighted by atomic mass is 16.4. The molecule has 0 radical (unpaired) electrons. The number of carbonyl (C=O) groups excluding carboxylic acids is 1. The first-order chi connectivity index (χ1) is 7.49. The summed E-state index contributed by atoms with van der Waals surface area (Å²) in [6.45, 7) is 1.95. The van der Waals surface area contributed by atoms with Gasteiger partial charge in [-0.15, -0.1) is 0 Å². The summed E-state index contributed by atoms with van der Waals surface area (Å²) >= 11 is 0. The molecule has 0 rings (SSSR count). The van der Waals surface area contributed by atoms with Gasteiger partial charge in [0.15, 0.2) is 0 Å². The molecule has 7 heteroatoms. The quantitative estimate of drug-likeness (QED) is 0.386. The predicted octanol–water partition coefficient (Wildman–Crippen LogP) is -1.06. The Morgan fingerprint density at radius 2 is 1.62 bits per heavy atom. The van der Waals surface area contributed by atoms with E-state index in [2.05, 4.69) is 0 Å². The van der Waals surface area contributed by atoms with Gasteiger partial charge in [0.25, 0.3) is 0 Å². The molecule has 2 N–H and O–H groups in total. The van der Waals surface area contributed by atoms with Gasteiger partial charge in [0.05, 0.1) is 26.3 Å². The van der Waals surface area contributed by atoms with Crippen LogP contribution in [-0.2, 0) is 14.4 Å². The van der Waals surface area contributed by atoms with Crippen molar-refractivity contribution >= 4 is 18.2 Å². The molecule has 0 heterocycles. The highest BCUT2D eigenvalue weighted by Crippen LogP contribution is 1.94. The molecule has 0 spiro atoms. The third-order valence-corrected chi connectivity index (χ3v) is 1.90. The van der Waals surface area contributed by atoms with Crippen LogP contribution in [0.1, 0.15) is 6.92 Å². The molecule has 0 saturated heterocycles. The Morgan fingerprint density at radius 1 is 1.12 bits per heavy atom. The molecule has 0 aliphatic rings. The van der Waals surface area contributed by atoms with Crippen molar-refractivity contribution in [3.05, 3.63) is 0 Å². The normalized spacial score (nSPS) is 10.7. The van der Waals surface area contributed by atoms with Crippen LogP contribution < -0.4 is 0 Å². The number of aldehydes is 1. The molecule has 0 fully saturated rings. The number of carbonyl (C=O) groups is 3. The van der Waals surface area contributed by atoms with Gasteiger partial charge in [-0.25, -0.2) is 0 Å². The fraction of sp³-hybridized carbons (Fsp3) is 0.667. The van der Waals surface area contributed by atoms with Gasteiger partial charge in [0.1, 0.15) is 6.29 Å². The largest absolute Gasteiger partial charge is 0.480 e. The van der Waals surface area contributed by atoms with Crippen LogP contribution in [-0.4, -0.2) is 71.1 Å². The van der Waals surface area contributed by atoms with Crippen LogP contribution in [0.5, 0.6) is 0 Å². The Hall–Kier alpha value is -1.47. The van der Waals surface area contributed by atoms with Gasteiger partial charge in [0.2, 0.25) is 0 Å². The zero-order valence-electron chi connectivity index (χ0n) is 9.13. The maximum atomic E-state index is 10.5. The molecular weight excluding hydrogens is 216 g/mol. The van der Waals surface area contributed by atoms with Gasteiger partial charge in [0, 0.05) is 0 Å². The number of nitrogens with zero attached hydrogens (tertiary/aromatic N) is 2. The van der Waals surface area contributed by atoms with Crippen LogP contribution in [0.2, 0.25) is 0 Å². The van der Waals surface area contributed by atoms with E-state index in [1.54, 1.807) is 4.90 Å². The third-order valence-electron chi connectivity index (χ3n) is 1.90. The molecule has 0 amide bonds. The minimum atomic E-state index is -1.09. The predicted molar refractivity (Wildman–Crippen MR) is 55.0 cm³/mol. The first-order valence-electron chi connectivity index (χ1n) is 4.81.